The molecule has 0 aliphatic rings. The second-order valence-electron chi connectivity index (χ2n) is 3.99. The zero-order valence-corrected chi connectivity index (χ0v) is 10.9. The average Bonchev–Trinajstić information content (AvgIpc) is 3.02. The highest BCUT2D eigenvalue weighted by Gasteiger charge is 2.26. The summed E-state index contributed by atoms with van der Waals surface area (Å²) in [5, 5.41) is 14.3. The number of rotatable bonds is 5. The minimum atomic E-state index is -0.675. The molecular weight excluding hydrogens is 268 g/mol. The van der Waals surface area contributed by atoms with Crippen LogP contribution in [0.3, 0.4) is 0 Å². The maximum atomic E-state index is 11.9. The summed E-state index contributed by atoms with van der Waals surface area (Å²) in [5.41, 5.74) is 0.208. The first kappa shape index (κ1) is 13.8. The van der Waals surface area contributed by atoms with Crippen LogP contribution in [0.1, 0.15) is 29.5 Å². The van der Waals surface area contributed by atoms with E-state index in [1.807, 2.05) is 6.92 Å². The average molecular weight is 280 g/mol. The Morgan fingerprint density at radius 1 is 1.50 bits per heavy atom. The molecule has 0 radical (unpaired) electrons. The van der Waals surface area contributed by atoms with Gasteiger partial charge < -0.3 is 13.7 Å². The topological polar surface area (TPSA) is 109 Å². The highest BCUT2D eigenvalue weighted by atomic mass is 16.6. The van der Waals surface area contributed by atoms with Crippen LogP contribution in [-0.2, 0) is 4.74 Å². The molecule has 0 amide bonds. The number of aryl methyl sites for hydroxylation is 1. The number of nitrogens with zero attached hydrogens (tertiary/aromatic N) is 2. The highest BCUT2D eigenvalue weighted by molar-refractivity contribution is 5.96. The van der Waals surface area contributed by atoms with Crippen molar-refractivity contribution in [3.8, 4) is 11.5 Å². The summed E-state index contributed by atoms with van der Waals surface area (Å²) < 4.78 is 15.0. The minimum absolute atomic E-state index is 0.0806. The van der Waals surface area contributed by atoms with Crippen molar-refractivity contribution in [2.24, 2.45) is 0 Å². The van der Waals surface area contributed by atoms with E-state index in [0.29, 0.717) is 6.42 Å². The summed E-state index contributed by atoms with van der Waals surface area (Å²) in [7, 11) is 0. The van der Waals surface area contributed by atoms with Crippen molar-refractivity contribution in [1.82, 2.24) is 5.16 Å². The van der Waals surface area contributed by atoms with Crippen LogP contribution < -0.4 is 0 Å². The van der Waals surface area contributed by atoms with Crippen LogP contribution in [0.25, 0.3) is 11.5 Å². The van der Waals surface area contributed by atoms with Crippen LogP contribution >= 0.6 is 0 Å². The van der Waals surface area contributed by atoms with Gasteiger partial charge >= 0.3 is 11.9 Å². The number of esters is 1. The smallest absolute Gasteiger partial charge is 0.433 e. The van der Waals surface area contributed by atoms with Gasteiger partial charge in [0.1, 0.15) is 16.2 Å². The highest BCUT2D eigenvalue weighted by Crippen LogP contribution is 2.29. The van der Waals surface area contributed by atoms with Gasteiger partial charge in [0.2, 0.25) is 0 Å². The van der Waals surface area contributed by atoms with E-state index in [2.05, 4.69) is 5.16 Å². The van der Waals surface area contributed by atoms with Gasteiger partial charge in [0.15, 0.2) is 11.5 Å². The quantitative estimate of drug-likeness (QED) is 0.470. The molecule has 0 spiro atoms. The lowest BCUT2D eigenvalue weighted by atomic mass is 10.1. The summed E-state index contributed by atoms with van der Waals surface area (Å²) in [6.45, 7) is 3.68. The van der Waals surface area contributed by atoms with Crippen molar-refractivity contribution in [2.45, 2.75) is 20.3 Å². The number of furan rings is 1. The predicted molar refractivity (Wildman–Crippen MR) is 66.2 cm³/mol. The number of aromatic nitrogens is 1. The van der Waals surface area contributed by atoms with Crippen LogP contribution in [0, 0.1) is 17.0 Å². The summed E-state index contributed by atoms with van der Waals surface area (Å²) in [4.78, 5) is 21.8. The van der Waals surface area contributed by atoms with Gasteiger partial charge in [-0.05, 0) is 19.4 Å². The molecule has 2 heterocycles. The molecule has 0 atom stereocenters. The maximum Gasteiger partial charge on any atom is 0.433 e. The standard InChI is InChI=1S/C12H12N2O6/c1-3-6-18-12(15)10-7(2)20-13-11(10)8-4-5-9(19-8)14(16)17/h4-5H,3,6H2,1-2H3. The molecule has 0 aliphatic carbocycles. The number of hydrogen-bond acceptors (Lipinski definition) is 7. The zero-order valence-electron chi connectivity index (χ0n) is 10.9. The second-order valence-corrected chi connectivity index (χ2v) is 3.99. The predicted octanol–water partition coefficient (Wildman–Crippen LogP) is 2.72. The van der Waals surface area contributed by atoms with E-state index in [-0.39, 0.29) is 29.4 Å². The Balaban J connectivity index is 2.37. The van der Waals surface area contributed by atoms with Crippen LogP contribution in [0.5, 0.6) is 0 Å². The first-order valence-corrected chi connectivity index (χ1v) is 5.92. The maximum absolute atomic E-state index is 11.9. The first-order chi connectivity index (χ1) is 9.54. The third-order valence-electron chi connectivity index (χ3n) is 2.51. The van der Waals surface area contributed by atoms with Gasteiger partial charge in [-0.3, -0.25) is 10.1 Å². The third-order valence-corrected chi connectivity index (χ3v) is 2.51. The van der Waals surface area contributed by atoms with Gasteiger partial charge in [-0.1, -0.05) is 12.1 Å². The lowest BCUT2D eigenvalue weighted by Gasteiger charge is -2.01. The molecule has 20 heavy (non-hydrogen) atoms. The molecule has 2 aromatic heterocycles. The van der Waals surface area contributed by atoms with Crippen LogP contribution in [0.2, 0.25) is 0 Å². The fraction of sp³-hybridized carbons (Fsp3) is 0.333. The Kier molecular flexibility index (Phi) is 3.83. The molecule has 2 rings (SSSR count). The van der Waals surface area contributed by atoms with Gasteiger partial charge in [-0.25, -0.2) is 4.79 Å². The van der Waals surface area contributed by atoms with E-state index in [4.69, 9.17) is 13.7 Å². The van der Waals surface area contributed by atoms with Crippen molar-refractivity contribution in [3.05, 3.63) is 33.6 Å². The molecule has 0 unspecified atom stereocenters. The van der Waals surface area contributed by atoms with Gasteiger partial charge in [0.05, 0.1) is 12.7 Å². The molecule has 0 bridgehead atoms. The van der Waals surface area contributed by atoms with Gasteiger partial charge in [0, 0.05) is 0 Å². The molecule has 0 saturated carbocycles. The Morgan fingerprint density at radius 2 is 2.25 bits per heavy atom. The Morgan fingerprint density at radius 3 is 2.85 bits per heavy atom. The van der Waals surface area contributed by atoms with E-state index < -0.39 is 16.8 Å². The fourth-order valence-corrected chi connectivity index (χ4v) is 1.60. The Bertz CT molecular complexity index is 642. The first-order valence-electron chi connectivity index (χ1n) is 5.92. The Labute approximate surface area is 113 Å². The van der Waals surface area contributed by atoms with Crippen molar-refractivity contribution in [2.75, 3.05) is 6.61 Å². The van der Waals surface area contributed by atoms with Gasteiger partial charge in [-0.2, -0.15) is 0 Å². The lowest BCUT2D eigenvalue weighted by Crippen LogP contribution is -2.07. The van der Waals surface area contributed by atoms with E-state index in [1.165, 1.54) is 12.1 Å². The number of nitro groups is 1. The summed E-state index contributed by atoms with van der Waals surface area (Å²) >= 11 is 0. The zero-order chi connectivity index (χ0) is 14.7. The summed E-state index contributed by atoms with van der Waals surface area (Å²) in [5.74, 6) is -0.690. The normalized spacial score (nSPS) is 10.5. The molecule has 2 aromatic rings. The molecule has 0 aliphatic heterocycles. The monoisotopic (exact) mass is 280 g/mol. The number of hydrogen-bond donors (Lipinski definition) is 0. The molecule has 8 heteroatoms. The summed E-state index contributed by atoms with van der Waals surface area (Å²) in [6, 6.07) is 2.53. The van der Waals surface area contributed by atoms with Gasteiger partial charge in [0.25, 0.3) is 0 Å². The van der Waals surface area contributed by atoms with Crippen LogP contribution in [-0.4, -0.2) is 22.7 Å². The van der Waals surface area contributed by atoms with E-state index >= 15 is 0 Å². The van der Waals surface area contributed by atoms with Crippen molar-refractivity contribution in [3.63, 3.8) is 0 Å². The molecule has 0 fully saturated rings. The molecule has 106 valence electrons. The van der Waals surface area contributed by atoms with Gasteiger partial charge in [-0.15, -0.1) is 0 Å². The molecular formula is C12H12N2O6. The molecule has 8 nitrogen and oxygen atoms in total. The van der Waals surface area contributed by atoms with E-state index in [1.54, 1.807) is 6.92 Å². The van der Waals surface area contributed by atoms with Crippen LogP contribution in [0.4, 0.5) is 5.88 Å². The van der Waals surface area contributed by atoms with Crippen molar-refractivity contribution in [1.29, 1.82) is 0 Å². The van der Waals surface area contributed by atoms with E-state index in [9.17, 15) is 14.9 Å². The van der Waals surface area contributed by atoms with Crippen molar-refractivity contribution >= 4 is 11.9 Å². The number of carbonyl (C=O) groups is 1. The largest absolute Gasteiger partial charge is 0.462 e. The van der Waals surface area contributed by atoms with Crippen molar-refractivity contribution < 1.29 is 23.4 Å². The Hall–Kier alpha value is -2.64. The van der Waals surface area contributed by atoms with E-state index in [0.717, 1.165) is 0 Å². The number of ether oxygens (including phenoxy) is 1. The molecule has 0 N–H and O–H groups in total. The van der Waals surface area contributed by atoms with Crippen LogP contribution in [0.15, 0.2) is 21.1 Å². The number of carbonyl (C=O) groups excluding carboxylic acids is 1. The SMILES string of the molecule is CCCOC(=O)c1c(-c2ccc([N+](=O)[O-])o2)noc1C. The second kappa shape index (κ2) is 5.55. The third kappa shape index (κ3) is 2.53. The fourth-order valence-electron chi connectivity index (χ4n) is 1.60. The summed E-state index contributed by atoms with van der Waals surface area (Å²) in [6.07, 6.45) is 0.678. The molecule has 0 aromatic carbocycles. The lowest BCUT2D eigenvalue weighted by molar-refractivity contribution is -0.401. The molecule has 0 saturated heterocycles. The minimum Gasteiger partial charge on any atom is -0.462 e.